The second-order valence-corrected chi connectivity index (χ2v) is 7.79. The lowest BCUT2D eigenvalue weighted by atomic mass is 10.0. The molecule has 9 N–H and O–H groups in total. The predicted octanol–water partition coefficient (Wildman–Crippen LogP) is 2.18. The number of rotatable bonds is 10. The third-order valence-corrected chi connectivity index (χ3v) is 5.12. The van der Waals surface area contributed by atoms with Crippen molar-refractivity contribution in [2.24, 2.45) is 11.5 Å². The van der Waals surface area contributed by atoms with Crippen LogP contribution >= 0.6 is 0 Å². The number of carbonyl (C=O) groups excluding carboxylic acids is 1. The Morgan fingerprint density at radius 1 is 1.26 bits per heavy atom. The number of allylic oxidation sites excluding steroid dienone is 4. The van der Waals surface area contributed by atoms with E-state index in [1.165, 1.54) is 11.0 Å². The molecule has 0 unspecified atom stereocenters. The first-order valence-electron chi connectivity index (χ1n) is 10.5. The van der Waals surface area contributed by atoms with E-state index in [2.05, 4.69) is 10.6 Å². The van der Waals surface area contributed by atoms with Gasteiger partial charge in [-0.25, -0.2) is 0 Å². The molecule has 1 heterocycles. The molecule has 1 aromatic rings. The number of anilines is 1. The van der Waals surface area contributed by atoms with Crippen LogP contribution in [0.15, 0.2) is 59.1 Å². The molecule has 0 bridgehead atoms. The normalized spacial score (nSPS) is 14.1. The zero-order valence-corrected chi connectivity index (χ0v) is 19.9. The van der Waals surface area contributed by atoms with Crippen LogP contribution < -0.4 is 26.8 Å². The van der Waals surface area contributed by atoms with E-state index >= 15 is 0 Å². The molecule has 0 aromatic heterocycles. The molecule has 0 aliphatic carbocycles. The second kappa shape index (κ2) is 11.5. The number of amidine groups is 1. The zero-order valence-electron chi connectivity index (χ0n) is 19.9. The van der Waals surface area contributed by atoms with Crippen molar-refractivity contribution >= 4 is 34.9 Å². The van der Waals surface area contributed by atoms with E-state index in [4.69, 9.17) is 32.4 Å². The maximum absolute atomic E-state index is 12.8. The second-order valence-electron chi connectivity index (χ2n) is 7.79. The Balaban J connectivity index is 2.32. The van der Waals surface area contributed by atoms with Crippen LogP contribution in [0.5, 0.6) is 5.75 Å². The summed E-state index contributed by atoms with van der Waals surface area (Å²) in [5.41, 5.74) is 15.7. The number of likely N-dealkylation sites (N-methyl/N-ethyl adjacent to an activating group) is 1. The largest absolute Gasteiger partial charge is 0.494 e. The standard InChI is InChI=1S/C24H32N8O2/c1-14(26)17(11-25)13-32(3)24(33)20-9-8-16(12-30-20)18-6-5-7-19(23(18)34-4)31-21(15(2)27)10-22(28)29/h5-11,25,27,30-31H,12-13,26H2,1-4H3,(H3,28,29)/b17-14+,21-10+,25-11?,27-15?. The lowest BCUT2D eigenvalue weighted by Gasteiger charge is -2.24. The molecule has 180 valence electrons. The molecule has 1 aromatic carbocycles. The van der Waals surface area contributed by atoms with E-state index in [-0.39, 0.29) is 24.0 Å². The number of carbonyl (C=O) groups is 1. The van der Waals surface area contributed by atoms with Crippen LogP contribution in [0, 0.1) is 16.2 Å². The molecule has 0 radical (unpaired) electrons. The smallest absolute Gasteiger partial charge is 0.269 e. The van der Waals surface area contributed by atoms with Crippen LogP contribution in [-0.4, -0.2) is 55.8 Å². The van der Waals surface area contributed by atoms with Gasteiger partial charge < -0.3 is 42.6 Å². The summed E-state index contributed by atoms with van der Waals surface area (Å²) in [6, 6.07) is 5.56. The minimum absolute atomic E-state index is 0.166. The highest BCUT2D eigenvalue weighted by atomic mass is 16.5. The molecule has 2 rings (SSSR count). The first-order chi connectivity index (χ1) is 16.1. The number of nitrogens with one attached hydrogen (secondary N) is 5. The molecular weight excluding hydrogens is 432 g/mol. The minimum Gasteiger partial charge on any atom is -0.494 e. The van der Waals surface area contributed by atoms with Gasteiger partial charge in [-0.05, 0) is 31.6 Å². The maximum atomic E-state index is 12.8. The topological polar surface area (TPSA) is 177 Å². The van der Waals surface area contributed by atoms with Crippen molar-refractivity contribution in [2.75, 3.05) is 32.6 Å². The van der Waals surface area contributed by atoms with Crippen molar-refractivity contribution in [3.63, 3.8) is 0 Å². The predicted molar refractivity (Wildman–Crippen MR) is 137 cm³/mol. The Kier molecular flexibility index (Phi) is 8.77. The molecule has 10 heteroatoms. The number of dihydropyridines is 1. The number of methoxy groups -OCH3 is 1. The summed E-state index contributed by atoms with van der Waals surface area (Å²) in [5.74, 6) is 0.185. The quantitative estimate of drug-likeness (QED) is 0.206. The third-order valence-electron chi connectivity index (χ3n) is 5.12. The average Bonchev–Trinajstić information content (AvgIpc) is 2.80. The molecule has 0 fully saturated rings. The Labute approximate surface area is 199 Å². The fourth-order valence-corrected chi connectivity index (χ4v) is 3.29. The third kappa shape index (κ3) is 6.35. The Bertz CT molecular complexity index is 1120. The SMILES string of the molecule is COc1c(N/C(=C/C(=N)N)C(C)=N)cccc1C1=CC=C(C(=O)N(C)C/C(C=N)=C(\C)N)NC1. The number of nitrogens with two attached hydrogens (primary N) is 2. The molecule has 0 saturated heterocycles. The fourth-order valence-electron chi connectivity index (χ4n) is 3.29. The molecule has 34 heavy (non-hydrogen) atoms. The van der Waals surface area contributed by atoms with Crippen molar-refractivity contribution in [3.05, 3.63) is 64.7 Å². The molecule has 1 aliphatic heterocycles. The van der Waals surface area contributed by atoms with E-state index < -0.39 is 0 Å². The highest BCUT2D eigenvalue weighted by Crippen LogP contribution is 2.35. The van der Waals surface area contributed by atoms with Crippen molar-refractivity contribution in [2.45, 2.75) is 13.8 Å². The number of para-hydroxylation sites is 1. The highest BCUT2D eigenvalue weighted by molar-refractivity contribution is 6.05. The molecule has 1 amide bonds. The van der Waals surface area contributed by atoms with Gasteiger partial charge in [0.2, 0.25) is 0 Å². The fraction of sp³-hybridized carbons (Fsp3) is 0.250. The number of ether oxygens (including phenoxy) is 1. The summed E-state index contributed by atoms with van der Waals surface area (Å²) < 4.78 is 5.66. The van der Waals surface area contributed by atoms with Gasteiger partial charge >= 0.3 is 0 Å². The van der Waals surface area contributed by atoms with E-state index in [0.717, 1.165) is 17.4 Å². The lowest BCUT2D eigenvalue weighted by molar-refractivity contribution is -0.125. The van der Waals surface area contributed by atoms with Gasteiger partial charge in [0.25, 0.3) is 5.91 Å². The first-order valence-corrected chi connectivity index (χ1v) is 10.5. The van der Waals surface area contributed by atoms with Gasteiger partial charge in [-0.1, -0.05) is 18.2 Å². The van der Waals surface area contributed by atoms with Gasteiger partial charge in [0.1, 0.15) is 17.3 Å². The summed E-state index contributed by atoms with van der Waals surface area (Å²) in [6.45, 7) is 3.94. The van der Waals surface area contributed by atoms with Gasteiger partial charge in [-0.2, -0.15) is 0 Å². The Morgan fingerprint density at radius 3 is 2.47 bits per heavy atom. The van der Waals surface area contributed by atoms with E-state index in [1.54, 1.807) is 34.1 Å². The van der Waals surface area contributed by atoms with Crippen LogP contribution in [-0.2, 0) is 4.79 Å². The number of benzene rings is 1. The molecule has 0 spiro atoms. The molecular formula is C24H32N8O2. The van der Waals surface area contributed by atoms with E-state index in [0.29, 0.717) is 40.6 Å². The van der Waals surface area contributed by atoms with Crippen LogP contribution in [0.3, 0.4) is 0 Å². The molecule has 1 aliphatic rings. The van der Waals surface area contributed by atoms with E-state index in [1.807, 2.05) is 24.3 Å². The van der Waals surface area contributed by atoms with Gasteiger partial charge in [0, 0.05) is 49.3 Å². The number of hydrogen-bond donors (Lipinski definition) is 7. The molecule has 0 saturated carbocycles. The van der Waals surface area contributed by atoms with Gasteiger partial charge in [0.15, 0.2) is 0 Å². The summed E-state index contributed by atoms with van der Waals surface area (Å²) in [5, 5.41) is 29.2. The lowest BCUT2D eigenvalue weighted by Crippen LogP contribution is -2.36. The number of hydrogen-bond acceptors (Lipinski definition) is 8. The summed E-state index contributed by atoms with van der Waals surface area (Å²) >= 11 is 0. The van der Waals surface area contributed by atoms with Crippen molar-refractivity contribution in [1.82, 2.24) is 10.2 Å². The summed E-state index contributed by atoms with van der Waals surface area (Å²) in [7, 11) is 3.21. The number of amides is 1. The Hall–Kier alpha value is -4.34. The van der Waals surface area contributed by atoms with Gasteiger partial charge in [0.05, 0.1) is 24.2 Å². The molecule has 0 atom stereocenters. The van der Waals surface area contributed by atoms with Gasteiger partial charge in [-0.15, -0.1) is 0 Å². The monoisotopic (exact) mass is 464 g/mol. The van der Waals surface area contributed by atoms with Crippen LogP contribution in [0.2, 0.25) is 0 Å². The number of nitrogens with zero attached hydrogens (tertiary/aromatic N) is 1. The van der Waals surface area contributed by atoms with Crippen molar-refractivity contribution in [3.8, 4) is 5.75 Å². The average molecular weight is 465 g/mol. The van der Waals surface area contributed by atoms with Crippen LogP contribution in [0.25, 0.3) is 5.57 Å². The van der Waals surface area contributed by atoms with Crippen LogP contribution in [0.4, 0.5) is 5.69 Å². The zero-order chi connectivity index (χ0) is 25.4. The van der Waals surface area contributed by atoms with Crippen molar-refractivity contribution < 1.29 is 9.53 Å². The van der Waals surface area contributed by atoms with Gasteiger partial charge in [-0.3, -0.25) is 10.2 Å². The highest BCUT2D eigenvalue weighted by Gasteiger charge is 2.21. The van der Waals surface area contributed by atoms with Crippen LogP contribution in [0.1, 0.15) is 19.4 Å². The summed E-state index contributed by atoms with van der Waals surface area (Å²) in [6.07, 6.45) is 6.10. The Morgan fingerprint density at radius 2 is 1.97 bits per heavy atom. The first kappa shape index (κ1) is 25.9. The van der Waals surface area contributed by atoms with Crippen molar-refractivity contribution in [1.29, 1.82) is 16.2 Å². The minimum atomic E-state index is -0.209. The maximum Gasteiger partial charge on any atom is 0.269 e. The molecule has 10 nitrogen and oxygen atoms in total. The van der Waals surface area contributed by atoms with E-state index in [9.17, 15) is 4.79 Å². The summed E-state index contributed by atoms with van der Waals surface area (Å²) in [4.78, 5) is 14.3.